The van der Waals surface area contributed by atoms with Gasteiger partial charge < -0.3 is 15.2 Å². The van der Waals surface area contributed by atoms with E-state index in [0.29, 0.717) is 11.3 Å². The largest absolute Gasteiger partial charge is 0.345 e. The highest BCUT2D eigenvalue weighted by Crippen LogP contribution is 2.36. The van der Waals surface area contributed by atoms with Gasteiger partial charge in [-0.2, -0.15) is 0 Å². The van der Waals surface area contributed by atoms with E-state index in [9.17, 15) is 14.0 Å². The third-order valence-corrected chi connectivity index (χ3v) is 7.04. The van der Waals surface area contributed by atoms with Crippen molar-refractivity contribution < 1.29 is 14.0 Å². The first kappa shape index (κ1) is 21.5. The number of hydrogen-bond acceptors (Lipinski definition) is 5. The zero-order chi connectivity index (χ0) is 21.8. The minimum absolute atomic E-state index is 0.149. The van der Waals surface area contributed by atoms with E-state index < -0.39 is 0 Å². The first-order chi connectivity index (χ1) is 15.0. The quantitative estimate of drug-likeness (QED) is 0.542. The lowest BCUT2D eigenvalue weighted by Crippen LogP contribution is -2.30. The third-order valence-electron chi connectivity index (χ3n) is 4.86. The summed E-state index contributed by atoms with van der Waals surface area (Å²) in [5.41, 5.74) is 1.92. The van der Waals surface area contributed by atoms with Gasteiger partial charge in [0.2, 0.25) is 5.91 Å². The van der Waals surface area contributed by atoms with Gasteiger partial charge in [0.1, 0.15) is 5.82 Å². The summed E-state index contributed by atoms with van der Waals surface area (Å²) in [6.07, 6.45) is 4.26. The zero-order valence-corrected chi connectivity index (χ0v) is 18.4. The summed E-state index contributed by atoms with van der Waals surface area (Å²) in [5.74, 6) is 0.425. The highest BCUT2D eigenvalue weighted by atomic mass is 32.2. The summed E-state index contributed by atoms with van der Waals surface area (Å²) in [5, 5.41) is 6.59. The molecule has 2 N–H and O–H groups in total. The second kappa shape index (κ2) is 9.57. The van der Waals surface area contributed by atoms with Crippen molar-refractivity contribution in [2.75, 3.05) is 16.8 Å². The summed E-state index contributed by atoms with van der Waals surface area (Å²) >= 11 is 3.02. The van der Waals surface area contributed by atoms with E-state index >= 15 is 0 Å². The lowest BCUT2D eigenvalue weighted by atomic mass is 10.0. The number of fused-ring (bicyclic) bond motifs is 1. The predicted molar refractivity (Wildman–Crippen MR) is 121 cm³/mol. The van der Waals surface area contributed by atoms with Crippen molar-refractivity contribution in [3.63, 3.8) is 0 Å². The Bertz CT molecular complexity index is 1100. The second-order valence-electron chi connectivity index (χ2n) is 7.08. The van der Waals surface area contributed by atoms with Gasteiger partial charge in [0.05, 0.1) is 11.8 Å². The Kier molecular flexibility index (Phi) is 6.62. The lowest BCUT2D eigenvalue weighted by molar-refractivity contribution is -0.113. The van der Waals surface area contributed by atoms with Gasteiger partial charge in [-0.25, -0.2) is 9.37 Å². The molecule has 1 unspecified atom stereocenters. The fourth-order valence-corrected chi connectivity index (χ4v) is 5.12. The van der Waals surface area contributed by atoms with Crippen LogP contribution in [0, 0.1) is 5.82 Å². The SMILES string of the molecule is Cn1ccnc1SCC(=O)Nc1ccc(C(=O)NC2CCSc3ccc(F)cc32)cc1. The molecular weight excluding hydrogens is 435 g/mol. The number of anilines is 1. The normalized spacial score (nSPS) is 15.2. The van der Waals surface area contributed by atoms with E-state index in [4.69, 9.17) is 0 Å². The summed E-state index contributed by atoms with van der Waals surface area (Å²) in [6.45, 7) is 0. The molecule has 3 aromatic rings. The summed E-state index contributed by atoms with van der Waals surface area (Å²) in [6, 6.07) is 11.2. The smallest absolute Gasteiger partial charge is 0.251 e. The molecule has 0 bridgehead atoms. The Labute approximate surface area is 188 Å². The van der Waals surface area contributed by atoms with Crippen molar-refractivity contribution in [2.24, 2.45) is 7.05 Å². The van der Waals surface area contributed by atoms with Gasteiger partial charge in [-0.1, -0.05) is 11.8 Å². The lowest BCUT2D eigenvalue weighted by Gasteiger charge is -2.26. The number of benzene rings is 2. The molecule has 0 saturated carbocycles. The summed E-state index contributed by atoms with van der Waals surface area (Å²) < 4.78 is 15.5. The van der Waals surface area contributed by atoms with Crippen LogP contribution in [0.3, 0.4) is 0 Å². The molecule has 1 atom stereocenters. The highest BCUT2D eigenvalue weighted by molar-refractivity contribution is 7.99. The van der Waals surface area contributed by atoms with Gasteiger partial charge in [-0.05, 0) is 54.4 Å². The molecule has 2 heterocycles. The molecule has 4 rings (SSSR count). The number of aryl methyl sites for hydroxylation is 1. The van der Waals surface area contributed by atoms with Gasteiger partial charge in [-0.3, -0.25) is 9.59 Å². The van der Waals surface area contributed by atoms with Gasteiger partial charge in [0, 0.05) is 41.3 Å². The topological polar surface area (TPSA) is 76.0 Å². The molecule has 2 aromatic carbocycles. The van der Waals surface area contributed by atoms with E-state index in [1.807, 2.05) is 17.8 Å². The standard InChI is InChI=1S/C22H21FN4O2S2/c1-27-10-9-24-22(27)31-13-20(28)25-16-5-2-14(3-6-16)21(29)26-18-8-11-30-19-7-4-15(23)12-17(18)19/h2-7,9-10,12,18H,8,11,13H2,1H3,(H,25,28)(H,26,29). The van der Waals surface area contributed by atoms with Crippen molar-refractivity contribution in [1.29, 1.82) is 0 Å². The molecular formula is C22H21FN4O2S2. The van der Waals surface area contributed by atoms with E-state index in [2.05, 4.69) is 15.6 Å². The van der Waals surface area contributed by atoms with Crippen LogP contribution in [0.4, 0.5) is 10.1 Å². The summed E-state index contributed by atoms with van der Waals surface area (Å²) in [4.78, 5) is 30.0. The number of rotatable bonds is 6. The number of imidazole rings is 1. The number of thioether (sulfide) groups is 2. The Balaban J connectivity index is 1.34. The second-order valence-corrected chi connectivity index (χ2v) is 9.16. The maximum atomic E-state index is 13.7. The van der Waals surface area contributed by atoms with Gasteiger partial charge in [0.15, 0.2) is 5.16 Å². The maximum absolute atomic E-state index is 13.7. The Morgan fingerprint density at radius 1 is 1.26 bits per heavy atom. The van der Waals surface area contributed by atoms with Crippen LogP contribution >= 0.6 is 23.5 Å². The number of halogens is 1. The molecule has 0 radical (unpaired) electrons. The maximum Gasteiger partial charge on any atom is 0.251 e. The van der Waals surface area contributed by atoms with Crippen LogP contribution in [0.2, 0.25) is 0 Å². The number of carbonyl (C=O) groups is 2. The Hall–Kier alpha value is -2.78. The van der Waals surface area contributed by atoms with Crippen LogP contribution in [-0.2, 0) is 11.8 Å². The monoisotopic (exact) mass is 456 g/mol. The molecule has 0 fully saturated rings. The number of amides is 2. The van der Waals surface area contributed by atoms with Crippen LogP contribution in [0.5, 0.6) is 0 Å². The fraction of sp³-hybridized carbons (Fsp3) is 0.227. The number of aromatic nitrogens is 2. The van der Waals surface area contributed by atoms with Gasteiger partial charge in [0.25, 0.3) is 5.91 Å². The van der Waals surface area contributed by atoms with Crippen molar-refractivity contribution in [1.82, 2.24) is 14.9 Å². The minimum Gasteiger partial charge on any atom is -0.345 e. The van der Waals surface area contributed by atoms with Crippen LogP contribution in [-0.4, -0.2) is 32.9 Å². The van der Waals surface area contributed by atoms with Crippen LogP contribution in [0.15, 0.2) is 64.9 Å². The molecule has 1 aromatic heterocycles. The molecule has 0 saturated heterocycles. The zero-order valence-electron chi connectivity index (χ0n) is 16.8. The minimum atomic E-state index is -0.304. The van der Waals surface area contributed by atoms with Crippen molar-refractivity contribution in [3.05, 3.63) is 71.8 Å². The molecule has 0 spiro atoms. The average molecular weight is 457 g/mol. The number of carbonyl (C=O) groups excluding carboxylic acids is 2. The highest BCUT2D eigenvalue weighted by Gasteiger charge is 2.23. The molecule has 6 nitrogen and oxygen atoms in total. The molecule has 2 amide bonds. The van der Waals surface area contributed by atoms with Crippen molar-refractivity contribution in [3.8, 4) is 0 Å². The molecule has 31 heavy (non-hydrogen) atoms. The first-order valence-corrected chi connectivity index (χ1v) is 11.7. The van der Waals surface area contributed by atoms with Crippen LogP contribution in [0.25, 0.3) is 0 Å². The third kappa shape index (κ3) is 5.29. The predicted octanol–water partition coefficient (Wildman–Crippen LogP) is 4.26. The van der Waals surface area contributed by atoms with E-state index in [0.717, 1.165) is 27.8 Å². The van der Waals surface area contributed by atoms with Crippen LogP contribution in [0.1, 0.15) is 28.4 Å². The van der Waals surface area contributed by atoms with Crippen LogP contribution < -0.4 is 10.6 Å². The Morgan fingerprint density at radius 2 is 2.06 bits per heavy atom. The molecule has 9 heteroatoms. The van der Waals surface area contributed by atoms with Gasteiger partial charge in [-0.15, -0.1) is 11.8 Å². The van der Waals surface area contributed by atoms with Crippen molar-refractivity contribution >= 4 is 41.0 Å². The fourth-order valence-electron chi connectivity index (χ4n) is 3.28. The molecule has 1 aliphatic rings. The first-order valence-electron chi connectivity index (χ1n) is 9.73. The summed E-state index contributed by atoms with van der Waals surface area (Å²) in [7, 11) is 1.87. The number of hydrogen-bond donors (Lipinski definition) is 2. The molecule has 1 aliphatic heterocycles. The van der Waals surface area contributed by atoms with E-state index in [-0.39, 0.29) is 29.4 Å². The number of nitrogens with zero attached hydrogens (tertiary/aromatic N) is 2. The molecule has 160 valence electrons. The van der Waals surface area contributed by atoms with Gasteiger partial charge >= 0.3 is 0 Å². The van der Waals surface area contributed by atoms with E-state index in [1.165, 1.54) is 23.9 Å². The average Bonchev–Trinajstić information content (AvgIpc) is 3.18. The van der Waals surface area contributed by atoms with E-state index in [1.54, 1.807) is 48.3 Å². The number of nitrogens with one attached hydrogen (secondary N) is 2. The van der Waals surface area contributed by atoms with Crippen molar-refractivity contribution in [2.45, 2.75) is 22.5 Å². The Morgan fingerprint density at radius 3 is 2.81 bits per heavy atom. The molecule has 0 aliphatic carbocycles.